The molecule has 0 fully saturated rings. The average molecular weight is 264 g/mol. The van der Waals surface area contributed by atoms with Crippen molar-refractivity contribution in [1.82, 2.24) is 4.90 Å². The SMILES string of the molecule is CCCN(CCN)CCC[Si](OC)(OC)OC. The van der Waals surface area contributed by atoms with Gasteiger partial charge in [0.25, 0.3) is 0 Å². The van der Waals surface area contributed by atoms with Gasteiger partial charge in [-0.05, 0) is 25.9 Å². The van der Waals surface area contributed by atoms with Gasteiger partial charge >= 0.3 is 8.80 Å². The first-order valence-corrected chi connectivity index (χ1v) is 8.19. The van der Waals surface area contributed by atoms with E-state index in [1.807, 2.05) is 0 Å². The predicted molar refractivity (Wildman–Crippen MR) is 72.0 cm³/mol. The quantitative estimate of drug-likeness (QED) is 0.563. The van der Waals surface area contributed by atoms with E-state index in [4.69, 9.17) is 19.0 Å². The van der Waals surface area contributed by atoms with E-state index < -0.39 is 8.80 Å². The zero-order chi connectivity index (χ0) is 13.1. The molecule has 104 valence electrons. The Labute approximate surface area is 107 Å². The van der Waals surface area contributed by atoms with Crippen LogP contribution in [0.25, 0.3) is 0 Å². The summed E-state index contributed by atoms with van der Waals surface area (Å²) in [5.41, 5.74) is 5.59. The highest BCUT2D eigenvalue weighted by molar-refractivity contribution is 6.60. The molecule has 0 aliphatic rings. The van der Waals surface area contributed by atoms with Crippen LogP contribution in [0, 0.1) is 0 Å². The topological polar surface area (TPSA) is 57.0 Å². The van der Waals surface area contributed by atoms with Crippen LogP contribution in [0.3, 0.4) is 0 Å². The van der Waals surface area contributed by atoms with E-state index in [9.17, 15) is 0 Å². The first kappa shape index (κ1) is 17.0. The summed E-state index contributed by atoms with van der Waals surface area (Å²) < 4.78 is 16.2. The first-order chi connectivity index (χ1) is 8.17. The number of hydrogen-bond acceptors (Lipinski definition) is 5. The molecule has 0 amide bonds. The van der Waals surface area contributed by atoms with Crippen molar-refractivity contribution in [3.05, 3.63) is 0 Å². The third-order valence-electron chi connectivity index (χ3n) is 2.88. The lowest BCUT2D eigenvalue weighted by Crippen LogP contribution is -2.43. The van der Waals surface area contributed by atoms with Gasteiger partial charge in [0.2, 0.25) is 0 Å². The van der Waals surface area contributed by atoms with Crippen LogP contribution >= 0.6 is 0 Å². The molecule has 0 bridgehead atoms. The van der Waals surface area contributed by atoms with Gasteiger partial charge in [0, 0.05) is 40.5 Å². The standard InChI is InChI=1S/C11H28N2O3Si/c1-5-8-13(10-7-12)9-6-11-17(14-2,15-3)16-4/h5-12H2,1-4H3. The van der Waals surface area contributed by atoms with E-state index in [0.717, 1.165) is 38.5 Å². The normalized spacial score (nSPS) is 12.4. The molecule has 0 radical (unpaired) electrons. The van der Waals surface area contributed by atoms with E-state index in [1.54, 1.807) is 21.3 Å². The van der Waals surface area contributed by atoms with Gasteiger partial charge in [-0.15, -0.1) is 0 Å². The summed E-state index contributed by atoms with van der Waals surface area (Å²) in [6, 6.07) is 0.848. The van der Waals surface area contributed by atoms with E-state index in [1.165, 1.54) is 0 Å². The summed E-state index contributed by atoms with van der Waals surface area (Å²) >= 11 is 0. The Morgan fingerprint density at radius 2 is 1.59 bits per heavy atom. The Kier molecular flexibility index (Phi) is 10.00. The fourth-order valence-electron chi connectivity index (χ4n) is 1.91. The Bertz CT molecular complexity index is 166. The summed E-state index contributed by atoms with van der Waals surface area (Å²) in [6.45, 7) is 5.97. The van der Waals surface area contributed by atoms with Crippen molar-refractivity contribution in [2.75, 3.05) is 47.5 Å². The highest BCUT2D eigenvalue weighted by atomic mass is 28.4. The second-order valence-corrected chi connectivity index (χ2v) is 7.12. The molecular weight excluding hydrogens is 236 g/mol. The minimum absolute atomic E-state index is 0.710. The van der Waals surface area contributed by atoms with Gasteiger partial charge in [0.15, 0.2) is 0 Å². The van der Waals surface area contributed by atoms with Crippen LogP contribution in [0.2, 0.25) is 6.04 Å². The molecule has 0 aliphatic carbocycles. The second-order valence-electron chi connectivity index (χ2n) is 4.03. The molecule has 0 aromatic carbocycles. The molecule has 0 heterocycles. The highest BCUT2D eigenvalue weighted by Gasteiger charge is 2.36. The maximum absolute atomic E-state index is 5.59. The predicted octanol–water partition coefficient (Wildman–Crippen LogP) is 0.925. The van der Waals surface area contributed by atoms with Gasteiger partial charge in [-0.3, -0.25) is 0 Å². The van der Waals surface area contributed by atoms with E-state index in [0.29, 0.717) is 6.54 Å². The first-order valence-electron chi connectivity index (χ1n) is 6.25. The summed E-state index contributed by atoms with van der Waals surface area (Å²) in [4.78, 5) is 2.38. The van der Waals surface area contributed by atoms with Crippen molar-refractivity contribution < 1.29 is 13.3 Å². The van der Waals surface area contributed by atoms with E-state index in [2.05, 4.69) is 11.8 Å². The van der Waals surface area contributed by atoms with E-state index >= 15 is 0 Å². The fraction of sp³-hybridized carbons (Fsp3) is 1.00. The number of hydrogen-bond donors (Lipinski definition) is 1. The lowest BCUT2D eigenvalue weighted by atomic mass is 10.3. The molecule has 0 saturated carbocycles. The molecule has 0 unspecified atom stereocenters. The largest absolute Gasteiger partial charge is 0.500 e. The van der Waals surface area contributed by atoms with Crippen molar-refractivity contribution in [1.29, 1.82) is 0 Å². The monoisotopic (exact) mass is 264 g/mol. The minimum Gasteiger partial charge on any atom is -0.377 e. The smallest absolute Gasteiger partial charge is 0.377 e. The van der Waals surface area contributed by atoms with Gasteiger partial charge in [0.1, 0.15) is 0 Å². The van der Waals surface area contributed by atoms with Crippen LogP contribution in [0.15, 0.2) is 0 Å². The molecule has 6 heteroatoms. The zero-order valence-electron chi connectivity index (χ0n) is 11.7. The molecular formula is C11H28N2O3Si. The molecule has 0 aromatic rings. The van der Waals surface area contributed by atoms with Crippen LogP contribution in [-0.4, -0.2) is 61.2 Å². The molecule has 0 atom stereocenters. The van der Waals surface area contributed by atoms with Gasteiger partial charge < -0.3 is 23.9 Å². The molecule has 17 heavy (non-hydrogen) atoms. The summed E-state index contributed by atoms with van der Waals surface area (Å²) in [6.07, 6.45) is 2.17. The minimum atomic E-state index is -2.39. The molecule has 0 saturated heterocycles. The van der Waals surface area contributed by atoms with Gasteiger partial charge in [-0.1, -0.05) is 6.92 Å². The van der Waals surface area contributed by atoms with Crippen molar-refractivity contribution in [2.45, 2.75) is 25.8 Å². The lowest BCUT2D eigenvalue weighted by Gasteiger charge is -2.26. The Hall–Kier alpha value is 0.0169. The second kappa shape index (κ2) is 9.99. The average Bonchev–Trinajstić information content (AvgIpc) is 2.36. The van der Waals surface area contributed by atoms with Crippen LogP contribution in [0.4, 0.5) is 0 Å². The van der Waals surface area contributed by atoms with E-state index in [-0.39, 0.29) is 0 Å². The number of rotatable bonds is 11. The molecule has 0 spiro atoms. The maximum atomic E-state index is 5.59. The van der Waals surface area contributed by atoms with Crippen LogP contribution in [0.5, 0.6) is 0 Å². The van der Waals surface area contributed by atoms with Crippen molar-refractivity contribution >= 4 is 8.80 Å². The van der Waals surface area contributed by atoms with Gasteiger partial charge in [-0.25, -0.2) is 0 Å². The maximum Gasteiger partial charge on any atom is 0.500 e. The molecule has 0 rings (SSSR count). The summed E-state index contributed by atoms with van der Waals surface area (Å²) in [5, 5.41) is 0. The van der Waals surface area contributed by atoms with Crippen LogP contribution in [-0.2, 0) is 13.3 Å². The zero-order valence-corrected chi connectivity index (χ0v) is 12.7. The van der Waals surface area contributed by atoms with Gasteiger partial charge in [-0.2, -0.15) is 0 Å². The van der Waals surface area contributed by atoms with Crippen LogP contribution < -0.4 is 5.73 Å². The van der Waals surface area contributed by atoms with Gasteiger partial charge in [0.05, 0.1) is 0 Å². The van der Waals surface area contributed by atoms with Crippen LogP contribution in [0.1, 0.15) is 19.8 Å². The molecule has 0 aromatic heterocycles. The summed E-state index contributed by atoms with van der Waals surface area (Å²) in [7, 11) is 2.58. The molecule has 5 nitrogen and oxygen atoms in total. The Morgan fingerprint density at radius 3 is 2.00 bits per heavy atom. The van der Waals surface area contributed by atoms with Crippen molar-refractivity contribution in [3.8, 4) is 0 Å². The molecule has 2 N–H and O–H groups in total. The molecule has 0 aliphatic heterocycles. The number of nitrogens with two attached hydrogens (primary N) is 1. The van der Waals surface area contributed by atoms with Crippen molar-refractivity contribution in [2.24, 2.45) is 5.73 Å². The third-order valence-corrected chi connectivity index (χ3v) is 5.71. The third kappa shape index (κ3) is 6.49. The summed E-state index contributed by atoms with van der Waals surface area (Å²) in [5.74, 6) is 0. The fourth-order valence-corrected chi connectivity index (χ4v) is 3.61. The highest BCUT2D eigenvalue weighted by Crippen LogP contribution is 2.15. The number of nitrogens with zero attached hydrogens (tertiary/aromatic N) is 1. The lowest BCUT2D eigenvalue weighted by molar-refractivity contribution is 0.121. The Balaban J connectivity index is 3.99. The van der Waals surface area contributed by atoms with Crippen molar-refractivity contribution in [3.63, 3.8) is 0 Å². The Morgan fingerprint density at radius 1 is 1.00 bits per heavy atom.